The number of pyridine rings is 2. The van der Waals surface area contributed by atoms with Crippen molar-refractivity contribution in [2.75, 3.05) is 145 Å². The van der Waals surface area contributed by atoms with Gasteiger partial charge >= 0.3 is 0 Å². The van der Waals surface area contributed by atoms with E-state index in [2.05, 4.69) is 58.4 Å². The van der Waals surface area contributed by atoms with Gasteiger partial charge in [-0.3, -0.25) is 24.2 Å². The number of carbonyl (C=O) groups excluding carboxylic acids is 1. The van der Waals surface area contributed by atoms with Gasteiger partial charge in [0.2, 0.25) is 17.0 Å². The molecule has 4 saturated heterocycles. The number of aromatic nitrogens is 2. The van der Waals surface area contributed by atoms with E-state index in [1.807, 2.05) is 66.7 Å². The highest BCUT2D eigenvalue weighted by Gasteiger charge is 2.25. The van der Waals surface area contributed by atoms with Crippen molar-refractivity contribution in [3.05, 3.63) is 140 Å². The Bertz CT molecular complexity index is 3040. The summed E-state index contributed by atoms with van der Waals surface area (Å²) in [4.78, 5) is 52.5. The molecule has 2 aromatic heterocycles. The van der Waals surface area contributed by atoms with Crippen molar-refractivity contribution >= 4 is 28.7 Å². The number of hydrogen-bond acceptors (Lipinski definition) is 14. The Hall–Kier alpha value is -6.99. The van der Waals surface area contributed by atoms with Crippen LogP contribution in [0, 0.1) is 0 Å². The van der Waals surface area contributed by atoms with Crippen molar-refractivity contribution < 1.29 is 33.2 Å². The minimum atomic E-state index is -0.148. The Morgan fingerprint density at radius 3 is 1.49 bits per heavy atom. The molecule has 17 nitrogen and oxygen atoms in total. The number of benzene rings is 4. The molecule has 6 aromatic rings. The molecule has 1 amide bonds. The summed E-state index contributed by atoms with van der Waals surface area (Å²) in [5.74, 6) is 3.13. The summed E-state index contributed by atoms with van der Waals surface area (Å²) in [6.45, 7) is 14.5. The number of aromatic amines is 2. The lowest BCUT2D eigenvalue weighted by Gasteiger charge is -2.29. The molecule has 17 heteroatoms. The van der Waals surface area contributed by atoms with Gasteiger partial charge in [0.25, 0.3) is 0 Å². The molecular formula is C56H62N8O9. The average Bonchev–Trinajstić information content (AvgIpc) is 3.42. The van der Waals surface area contributed by atoms with Crippen LogP contribution >= 0.6 is 0 Å². The Balaban J connectivity index is 0.000000157. The highest BCUT2D eigenvalue weighted by atomic mass is 16.5. The number of morpholine rings is 4. The third kappa shape index (κ3) is 11.6. The number of hydrogen-bond donors (Lipinski definition) is 4. The molecule has 0 saturated carbocycles. The second kappa shape index (κ2) is 22.4. The molecule has 0 spiro atoms. The Morgan fingerprint density at radius 2 is 0.973 bits per heavy atom. The lowest BCUT2D eigenvalue weighted by molar-refractivity contribution is -0.118. The molecule has 0 unspecified atom stereocenters. The topological polar surface area (TPSA) is 175 Å². The summed E-state index contributed by atoms with van der Waals surface area (Å²) < 4.78 is 34.5. The van der Waals surface area contributed by atoms with Crippen LogP contribution in [-0.4, -0.2) is 151 Å². The maximum absolute atomic E-state index is 12.6. The molecule has 4 fully saturated rings. The zero-order valence-electron chi connectivity index (χ0n) is 41.0. The summed E-state index contributed by atoms with van der Waals surface area (Å²) in [6.07, 6.45) is 1.45. The van der Waals surface area contributed by atoms with Crippen LogP contribution < -0.4 is 41.0 Å². The van der Waals surface area contributed by atoms with Crippen LogP contribution in [0.4, 0.5) is 22.7 Å². The van der Waals surface area contributed by atoms with Crippen molar-refractivity contribution in [2.45, 2.75) is 12.8 Å². The Labute approximate surface area is 423 Å². The first-order valence-corrected chi connectivity index (χ1v) is 25.5. The van der Waals surface area contributed by atoms with Gasteiger partial charge in [0.1, 0.15) is 23.0 Å². The maximum atomic E-state index is 12.6. The number of fused-ring (bicyclic) bond motifs is 4. The van der Waals surface area contributed by atoms with Crippen LogP contribution in [0.25, 0.3) is 22.5 Å². The second-order valence-corrected chi connectivity index (χ2v) is 19.0. The fourth-order valence-electron chi connectivity index (χ4n) is 10.3. The van der Waals surface area contributed by atoms with Gasteiger partial charge in [-0.25, -0.2) is 0 Å². The van der Waals surface area contributed by atoms with Crippen LogP contribution in [-0.2, 0) is 36.6 Å². The zero-order chi connectivity index (χ0) is 49.5. The SMILES string of the molecule is O=C(CN1CCOCC1)Nc1ccc2c(c1)Cc1cccc(-c3cc(N4CCOCC4)cc(=O)[nH]3)c1O2.O=c1cc(N2CCOCC2)cc(-c2cccc3c2Oc2ccc(NCCN4CCOCC4)cc2C3)[nH]1. The first-order chi connectivity index (χ1) is 35.8. The number of nitrogens with one attached hydrogen (secondary N) is 4. The lowest BCUT2D eigenvalue weighted by atomic mass is 9.96. The van der Waals surface area contributed by atoms with E-state index < -0.39 is 0 Å². The molecule has 4 aromatic carbocycles. The molecule has 6 aliphatic heterocycles. The largest absolute Gasteiger partial charge is 0.456 e. The van der Waals surface area contributed by atoms with Gasteiger partial charge < -0.3 is 58.8 Å². The molecule has 73 heavy (non-hydrogen) atoms. The molecule has 8 heterocycles. The maximum Gasteiger partial charge on any atom is 0.250 e. The van der Waals surface area contributed by atoms with Gasteiger partial charge in [0.15, 0.2) is 0 Å². The zero-order valence-corrected chi connectivity index (χ0v) is 41.0. The molecular weight excluding hydrogens is 929 g/mol. The predicted molar refractivity (Wildman–Crippen MR) is 281 cm³/mol. The van der Waals surface area contributed by atoms with E-state index >= 15 is 0 Å². The summed E-state index contributed by atoms with van der Waals surface area (Å²) >= 11 is 0. The van der Waals surface area contributed by atoms with Gasteiger partial charge in [-0.2, -0.15) is 0 Å². The standard InChI is InChI=1S/C28H30N4O5.C28H32N4O4/c33-26-17-22(32-8-12-36-13-9-32)16-24(30-26)23-3-1-2-19-14-20-15-21(4-5-25(20)37-28(19)23)29-27(34)18-31-6-10-35-11-7-31;33-27-19-23(32-10-14-35-15-11-32)18-25(30-27)24-3-1-2-20-16-21-17-22(4-5-26(21)36-28(20)24)29-6-7-31-8-12-34-13-9-31/h1-5,15-17H,6-14,18H2,(H,29,34)(H,30,33);1-5,17-19,29H,6-16H2,(H,30,33). The van der Waals surface area contributed by atoms with Crippen LogP contribution in [0.5, 0.6) is 23.0 Å². The van der Waals surface area contributed by atoms with Crippen molar-refractivity contribution in [3.8, 4) is 45.5 Å². The number of H-pyrrole nitrogens is 2. The van der Waals surface area contributed by atoms with E-state index in [9.17, 15) is 14.4 Å². The molecule has 0 aliphatic carbocycles. The molecule has 0 radical (unpaired) electrons. The van der Waals surface area contributed by atoms with Gasteiger partial charge in [-0.05, 0) is 71.8 Å². The summed E-state index contributed by atoms with van der Waals surface area (Å²) in [6, 6.07) is 31.5. The van der Waals surface area contributed by atoms with Gasteiger partial charge in [-0.1, -0.05) is 24.3 Å². The summed E-state index contributed by atoms with van der Waals surface area (Å²) in [5, 5.41) is 6.57. The average molecular weight is 991 g/mol. The molecule has 6 aliphatic rings. The molecule has 4 N–H and O–H groups in total. The smallest absolute Gasteiger partial charge is 0.250 e. The van der Waals surface area contributed by atoms with Crippen LogP contribution in [0.2, 0.25) is 0 Å². The van der Waals surface area contributed by atoms with Gasteiger partial charge in [0, 0.05) is 135 Å². The molecule has 0 bridgehead atoms. The van der Waals surface area contributed by atoms with Crippen LogP contribution in [0.3, 0.4) is 0 Å². The Morgan fingerprint density at radius 1 is 0.507 bits per heavy atom. The van der Waals surface area contributed by atoms with Gasteiger partial charge in [-0.15, -0.1) is 0 Å². The van der Waals surface area contributed by atoms with Crippen molar-refractivity contribution in [2.24, 2.45) is 0 Å². The van der Waals surface area contributed by atoms with E-state index in [4.69, 9.17) is 28.4 Å². The summed E-state index contributed by atoms with van der Waals surface area (Å²) in [7, 11) is 0. The van der Waals surface area contributed by atoms with Crippen molar-refractivity contribution in [1.82, 2.24) is 19.8 Å². The highest BCUT2D eigenvalue weighted by Crippen LogP contribution is 2.45. The number of carbonyl (C=O) groups is 1. The van der Waals surface area contributed by atoms with Crippen molar-refractivity contribution in [1.29, 1.82) is 0 Å². The first kappa shape index (κ1) is 48.3. The van der Waals surface area contributed by atoms with Gasteiger partial charge in [0.05, 0.1) is 70.8 Å². The normalized spacial score (nSPS) is 17.6. The second-order valence-electron chi connectivity index (χ2n) is 19.0. The Kier molecular flexibility index (Phi) is 14.8. The number of para-hydroxylation sites is 2. The molecule has 0 atom stereocenters. The van der Waals surface area contributed by atoms with E-state index in [1.54, 1.807) is 12.1 Å². The fourth-order valence-corrected chi connectivity index (χ4v) is 10.3. The third-order valence-electron chi connectivity index (χ3n) is 14.1. The minimum Gasteiger partial charge on any atom is -0.456 e. The number of anilines is 4. The third-order valence-corrected chi connectivity index (χ3v) is 14.1. The van der Waals surface area contributed by atoms with E-state index in [0.29, 0.717) is 52.6 Å². The minimum absolute atomic E-state index is 0.0367. The molecule has 380 valence electrons. The van der Waals surface area contributed by atoms with E-state index in [-0.39, 0.29) is 17.0 Å². The molecule has 12 rings (SSSR count). The van der Waals surface area contributed by atoms with Crippen LogP contribution in [0.15, 0.2) is 107 Å². The quantitative estimate of drug-likeness (QED) is 0.116. The summed E-state index contributed by atoms with van der Waals surface area (Å²) in [5.41, 5.74) is 10.9. The number of ether oxygens (including phenoxy) is 6. The predicted octanol–water partition coefficient (Wildman–Crippen LogP) is 6.16. The van der Waals surface area contributed by atoms with E-state index in [0.717, 1.165) is 176 Å². The first-order valence-electron chi connectivity index (χ1n) is 25.5. The van der Waals surface area contributed by atoms with Crippen molar-refractivity contribution in [3.63, 3.8) is 0 Å². The number of rotatable bonds is 11. The number of nitrogens with zero attached hydrogens (tertiary/aromatic N) is 4. The van der Waals surface area contributed by atoms with E-state index in [1.165, 1.54) is 0 Å². The monoisotopic (exact) mass is 990 g/mol. The fraction of sp³-hybridized carbons (Fsp3) is 0.375. The highest BCUT2D eigenvalue weighted by molar-refractivity contribution is 5.92. The number of amides is 1. The lowest BCUT2D eigenvalue weighted by Crippen LogP contribution is -2.41. The van der Waals surface area contributed by atoms with Crippen LogP contribution in [0.1, 0.15) is 22.3 Å².